The maximum Gasteiger partial charge on any atom is 0.0281 e. The summed E-state index contributed by atoms with van der Waals surface area (Å²) < 4.78 is 0. The van der Waals surface area contributed by atoms with E-state index in [9.17, 15) is 0 Å². The highest BCUT2D eigenvalue weighted by molar-refractivity contribution is 5.11. The van der Waals surface area contributed by atoms with Gasteiger partial charge in [0.25, 0.3) is 0 Å². The van der Waals surface area contributed by atoms with Crippen molar-refractivity contribution in [2.24, 2.45) is 0 Å². The predicted molar refractivity (Wildman–Crippen MR) is 50.3 cm³/mol. The standard InChI is InChI=1S/C9H18N2/c1-5-7-10-9(2)6-8-11(3)4/h6,8,10H,2,5,7H2,1,3-4H3. The minimum Gasteiger partial charge on any atom is -0.385 e. The van der Waals surface area contributed by atoms with Gasteiger partial charge >= 0.3 is 0 Å². The second kappa shape index (κ2) is 5.83. The fourth-order valence-electron chi connectivity index (χ4n) is 0.584. The molecule has 0 rings (SSSR count). The highest BCUT2D eigenvalue weighted by atomic mass is 15.0. The smallest absolute Gasteiger partial charge is 0.0281 e. The van der Waals surface area contributed by atoms with Crippen molar-refractivity contribution in [1.29, 1.82) is 0 Å². The van der Waals surface area contributed by atoms with Crippen molar-refractivity contribution in [3.8, 4) is 0 Å². The van der Waals surface area contributed by atoms with Gasteiger partial charge in [0.1, 0.15) is 0 Å². The van der Waals surface area contributed by atoms with Gasteiger partial charge in [0.15, 0.2) is 0 Å². The van der Waals surface area contributed by atoms with E-state index in [0.717, 1.165) is 18.7 Å². The van der Waals surface area contributed by atoms with E-state index in [0.29, 0.717) is 0 Å². The minimum atomic E-state index is 0.973. The summed E-state index contributed by atoms with van der Waals surface area (Å²) in [5, 5.41) is 3.18. The molecule has 0 fully saturated rings. The summed E-state index contributed by atoms with van der Waals surface area (Å²) in [4.78, 5) is 1.98. The first-order chi connectivity index (χ1) is 5.16. The second-order valence-electron chi connectivity index (χ2n) is 2.73. The fraction of sp³-hybridized carbons (Fsp3) is 0.556. The van der Waals surface area contributed by atoms with Gasteiger partial charge in [-0.05, 0) is 12.5 Å². The molecule has 0 aliphatic carbocycles. The quantitative estimate of drug-likeness (QED) is 0.605. The minimum absolute atomic E-state index is 0.973. The van der Waals surface area contributed by atoms with Gasteiger partial charge in [0.05, 0.1) is 0 Å². The van der Waals surface area contributed by atoms with E-state index in [-0.39, 0.29) is 0 Å². The normalized spacial score (nSPS) is 10.1. The molecule has 64 valence electrons. The first kappa shape index (κ1) is 10.1. The van der Waals surface area contributed by atoms with E-state index < -0.39 is 0 Å². The Balaban J connectivity index is 3.51. The summed E-state index contributed by atoms with van der Waals surface area (Å²) in [7, 11) is 3.98. The van der Waals surface area contributed by atoms with Crippen LogP contribution in [-0.4, -0.2) is 25.5 Å². The van der Waals surface area contributed by atoms with E-state index in [1.165, 1.54) is 0 Å². The average molecular weight is 154 g/mol. The van der Waals surface area contributed by atoms with E-state index >= 15 is 0 Å². The summed E-state index contributed by atoms with van der Waals surface area (Å²) in [5.41, 5.74) is 0.973. The van der Waals surface area contributed by atoms with Crippen molar-refractivity contribution >= 4 is 0 Å². The molecule has 2 heteroatoms. The van der Waals surface area contributed by atoms with Gasteiger partial charge in [-0.3, -0.25) is 0 Å². The zero-order valence-corrected chi connectivity index (χ0v) is 7.72. The molecule has 0 aromatic carbocycles. The van der Waals surface area contributed by atoms with E-state index in [1.807, 2.05) is 31.3 Å². The molecule has 0 unspecified atom stereocenters. The van der Waals surface area contributed by atoms with Crippen molar-refractivity contribution in [2.45, 2.75) is 13.3 Å². The average Bonchev–Trinajstić information content (AvgIpc) is 1.97. The number of allylic oxidation sites excluding steroid dienone is 1. The molecule has 11 heavy (non-hydrogen) atoms. The molecule has 0 amide bonds. The number of nitrogens with zero attached hydrogens (tertiary/aromatic N) is 1. The number of rotatable bonds is 5. The maximum absolute atomic E-state index is 3.84. The lowest BCUT2D eigenvalue weighted by molar-refractivity contribution is 0.562. The molecule has 2 nitrogen and oxygen atoms in total. The third-order valence-electron chi connectivity index (χ3n) is 1.18. The van der Waals surface area contributed by atoms with E-state index in [4.69, 9.17) is 0 Å². The Kier molecular flexibility index (Phi) is 5.35. The van der Waals surface area contributed by atoms with Gasteiger partial charge in [-0.1, -0.05) is 13.5 Å². The summed E-state index contributed by atoms with van der Waals surface area (Å²) in [5.74, 6) is 0. The van der Waals surface area contributed by atoms with Crippen molar-refractivity contribution < 1.29 is 0 Å². The second-order valence-corrected chi connectivity index (χ2v) is 2.73. The van der Waals surface area contributed by atoms with Crippen LogP contribution in [0.4, 0.5) is 0 Å². The van der Waals surface area contributed by atoms with Gasteiger partial charge in [-0.15, -0.1) is 0 Å². The van der Waals surface area contributed by atoms with Gasteiger partial charge < -0.3 is 10.2 Å². The largest absolute Gasteiger partial charge is 0.385 e. The SMILES string of the molecule is C=C(C=CN(C)C)NCCC. The van der Waals surface area contributed by atoms with Gasteiger partial charge in [0.2, 0.25) is 0 Å². The fourth-order valence-corrected chi connectivity index (χ4v) is 0.584. The molecule has 0 aromatic heterocycles. The highest BCUT2D eigenvalue weighted by Crippen LogP contribution is 1.88. The Hall–Kier alpha value is -0.920. The van der Waals surface area contributed by atoms with Crippen LogP contribution in [-0.2, 0) is 0 Å². The molecule has 0 aromatic rings. The van der Waals surface area contributed by atoms with Crippen LogP contribution < -0.4 is 5.32 Å². The Morgan fingerprint density at radius 3 is 2.64 bits per heavy atom. The first-order valence-corrected chi connectivity index (χ1v) is 3.94. The molecule has 0 spiro atoms. The van der Waals surface area contributed by atoms with Gasteiger partial charge in [0, 0.05) is 32.5 Å². The molecule has 0 saturated heterocycles. The lowest BCUT2D eigenvalue weighted by Crippen LogP contribution is -2.12. The predicted octanol–water partition coefficient (Wildman–Crippen LogP) is 1.57. The molecule has 1 N–H and O–H groups in total. The molecule has 0 saturated carbocycles. The molecule has 0 aliphatic heterocycles. The van der Waals surface area contributed by atoms with Crippen LogP contribution in [0.1, 0.15) is 13.3 Å². The van der Waals surface area contributed by atoms with Crippen molar-refractivity contribution in [3.05, 3.63) is 24.6 Å². The van der Waals surface area contributed by atoms with Crippen LogP contribution in [0.5, 0.6) is 0 Å². The Bertz CT molecular complexity index is 136. The van der Waals surface area contributed by atoms with Crippen LogP contribution in [0.15, 0.2) is 24.6 Å². The molecule has 0 bridgehead atoms. The van der Waals surface area contributed by atoms with Crippen LogP contribution in [0.2, 0.25) is 0 Å². The van der Waals surface area contributed by atoms with Crippen molar-refractivity contribution in [3.63, 3.8) is 0 Å². The zero-order valence-electron chi connectivity index (χ0n) is 7.72. The van der Waals surface area contributed by atoms with Crippen LogP contribution in [0.25, 0.3) is 0 Å². The Morgan fingerprint density at radius 1 is 1.55 bits per heavy atom. The molecule has 0 aliphatic rings. The Labute approximate surface area is 69.6 Å². The maximum atomic E-state index is 3.84. The molecule has 0 atom stereocenters. The highest BCUT2D eigenvalue weighted by Gasteiger charge is 1.84. The number of nitrogens with one attached hydrogen (secondary N) is 1. The first-order valence-electron chi connectivity index (χ1n) is 3.94. The summed E-state index contributed by atoms with van der Waals surface area (Å²) in [6, 6.07) is 0. The van der Waals surface area contributed by atoms with Gasteiger partial charge in [-0.2, -0.15) is 0 Å². The number of hydrogen-bond acceptors (Lipinski definition) is 2. The topological polar surface area (TPSA) is 15.3 Å². The van der Waals surface area contributed by atoms with Gasteiger partial charge in [-0.25, -0.2) is 0 Å². The Morgan fingerprint density at radius 2 is 2.18 bits per heavy atom. The van der Waals surface area contributed by atoms with Crippen LogP contribution in [0.3, 0.4) is 0 Å². The summed E-state index contributed by atoms with van der Waals surface area (Å²) in [6.07, 6.45) is 5.08. The lowest BCUT2D eigenvalue weighted by Gasteiger charge is -2.06. The lowest BCUT2D eigenvalue weighted by atomic mass is 10.4. The molecular formula is C9H18N2. The number of hydrogen-bond donors (Lipinski definition) is 1. The van der Waals surface area contributed by atoms with E-state index in [2.05, 4.69) is 18.8 Å². The molecular weight excluding hydrogens is 136 g/mol. The van der Waals surface area contributed by atoms with Crippen molar-refractivity contribution in [2.75, 3.05) is 20.6 Å². The molecule has 0 heterocycles. The third-order valence-corrected chi connectivity index (χ3v) is 1.18. The van der Waals surface area contributed by atoms with Crippen molar-refractivity contribution in [1.82, 2.24) is 10.2 Å². The summed E-state index contributed by atoms with van der Waals surface area (Å²) >= 11 is 0. The summed E-state index contributed by atoms with van der Waals surface area (Å²) in [6.45, 7) is 6.97. The van der Waals surface area contributed by atoms with E-state index in [1.54, 1.807) is 0 Å². The zero-order chi connectivity index (χ0) is 8.69. The van der Waals surface area contributed by atoms with Crippen LogP contribution in [0, 0.1) is 0 Å². The molecule has 0 radical (unpaired) electrons. The van der Waals surface area contributed by atoms with Crippen LogP contribution >= 0.6 is 0 Å². The third kappa shape index (κ3) is 6.97. The monoisotopic (exact) mass is 154 g/mol.